The summed E-state index contributed by atoms with van der Waals surface area (Å²) in [5.74, 6) is -1.96. The summed E-state index contributed by atoms with van der Waals surface area (Å²) in [5, 5.41) is 2.51. The zero-order chi connectivity index (χ0) is 23.5. The molecule has 2 atom stereocenters. The lowest BCUT2D eigenvalue weighted by Gasteiger charge is -2.28. The zero-order valence-corrected chi connectivity index (χ0v) is 18.0. The molecule has 33 heavy (non-hydrogen) atoms. The number of hydrogen-bond acceptors (Lipinski definition) is 4. The first kappa shape index (κ1) is 22.3. The third-order valence-electron chi connectivity index (χ3n) is 5.66. The van der Waals surface area contributed by atoms with Gasteiger partial charge in [-0.05, 0) is 54.1 Å². The number of amides is 2. The highest BCUT2D eigenvalue weighted by atomic mass is 19.1. The molecule has 1 aliphatic heterocycles. The number of benzene rings is 3. The van der Waals surface area contributed by atoms with E-state index in [1.165, 1.54) is 0 Å². The van der Waals surface area contributed by atoms with E-state index in [4.69, 9.17) is 9.47 Å². The zero-order valence-electron chi connectivity index (χ0n) is 18.0. The van der Waals surface area contributed by atoms with Crippen LogP contribution in [0, 0.1) is 17.6 Å². The first-order valence-electron chi connectivity index (χ1n) is 10.3. The molecule has 1 heterocycles. The van der Waals surface area contributed by atoms with Crippen molar-refractivity contribution < 1.29 is 27.8 Å². The topological polar surface area (TPSA) is 67.9 Å². The van der Waals surface area contributed by atoms with Gasteiger partial charge in [0.1, 0.15) is 23.1 Å². The summed E-state index contributed by atoms with van der Waals surface area (Å²) in [6, 6.07) is 16.3. The van der Waals surface area contributed by atoms with Gasteiger partial charge in [0.05, 0.1) is 31.9 Å². The first-order valence-corrected chi connectivity index (χ1v) is 10.3. The van der Waals surface area contributed by atoms with Gasteiger partial charge in [0, 0.05) is 18.2 Å². The lowest BCUT2D eigenvalue weighted by Crippen LogP contribution is -2.32. The van der Waals surface area contributed by atoms with Gasteiger partial charge in [0.2, 0.25) is 11.8 Å². The second-order valence-electron chi connectivity index (χ2n) is 7.60. The Morgan fingerprint density at radius 1 is 0.939 bits per heavy atom. The lowest BCUT2D eigenvalue weighted by molar-refractivity contribution is -0.122. The van der Waals surface area contributed by atoms with Crippen LogP contribution in [0.1, 0.15) is 18.0 Å². The largest absolute Gasteiger partial charge is 0.497 e. The number of hydrogen-bond donors (Lipinski definition) is 1. The van der Waals surface area contributed by atoms with Crippen molar-refractivity contribution in [2.75, 3.05) is 24.4 Å². The van der Waals surface area contributed by atoms with E-state index in [0.29, 0.717) is 23.3 Å². The monoisotopic (exact) mass is 452 g/mol. The van der Waals surface area contributed by atoms with E-state index in [9.17, 15) is 18.4 Å². The normalized spacial score (nSPS) is 17.7. The van der Waals surface area contributed by atoms with Gasteiger partial charge < -0.3 is 19.7 Å². The number of carbonyl (C=O) groups is 2. The van der Waals surface area contributed by atoms with E-state index >= 15 is 0 Å². The summed E-state index contributed by atoms with van der Waals surface area (Å²) >= 11 is 0. The quantitative estimate of drug-likeness (QED) is 0.588. The van der Waals surface area contributed by atoms with Crippen LogP contribution in [0.3, 0.4) is 0 Å². The van der Waals surface area contributed by atoms with Gasteiger partial charge in [-0.1, -0.05) is 12.1 Å². The van der Waals surface area contributed by atoms with Gasteiger partial charge in [-0.2, -0.15) is 0 Å². The minimum absolute atomic E-state index is 0.0721. The first-order chi connectivity index (χ1) is 15.9. The highest BCUT2D eigenvalue weighted by Crippen LogP contribution is 2.42. The van der Waals surface area contributed by atoms with Gasteiger partial charge >= 0.3 is 0 Å². The van der Waals surface area contributed by atoms with Crippen molar-refractivity contribution in [3.05, 3.63) is 83.9 Å². The molecule has 0 aliphatic carbocycles. The van der Waals surface area contributed by atoms with Crippen molar-refractivity contribution in [2.45, 2.75) is 12.5 Å². The molecule has 1 aliphatic rings. The van der Waals surface area contributed by atoms with E-state index in [1.54, 1.807) is 67.7 Å². The third kappa shape index (κ3) is 4.50. The minimum Gasteiger partial charge on any atom is -0.497 e. The molecule has 8 heteroatoms. The Morgan fingerprint density at radius 2 is 1.55 bits per heavy atom. The predicted octanol–water partition coefficient (Wildman–Crippen LogP) is 4.71. The van der Waals surface area contributed by atoms with Crippen LogP contribution in [-0.2, 0) is 9.59 Å². The second kappa shape index (κ2) is 9.28. The average molecular weight is 452 g/mol. The number of nitrogens with zero attached hydrogens (tertiary/aromatic N) is 1. The number of nitrogens with one attached hydrogen (secondary N) is 1. The molecule has 1 N–H and O–H groups in total. The van der Waals surface area contributed by atoms with Crippen LogP contribution in [0.15, 0.2) is 66.7 Å². The molecule has 6 nitrogen and oxygen atoms in total. The molecule has 0 unspecified atom stereocenters. The van der Waals surface area contributed by atoms with E-state index in [1.807, 2.05) is 0 Å². The van der Waals surface area contributed by atoms with Crippen molar-refractivity contribution in [3.8, 4) is 11.5 Å². The fourth-order valence-corrected chi connectivity index (χ4v) is 4.02. The molecule has 4 rings (SSSR count). The lowest BCUT2D eigenvalue weighted by atomic mass is 9.92. The molecule has 0 bridgehead atoms. The maximum atomic E-state index is 14.1. The molecule has 3 aromatic rings. The predicted molar refractivity (Wildman–Crippen MR) is 119 cm³/mol. The van der Waals surface area contributed by atoms with Crippen molar-refractivity contribution in [1.82, 2.24) is 0 Å². The Bertz CT molecular complexity index is 1170. The van der Waals surface area contributed by atoms with Crippen LogP contribution in [0.2, 0.25) is 0 Å². The number of methoxy groups -OCH3 is 2. The Balaban J connectivity index is 1.71. The number of anilines is 2. The SMILES string of the molecule is COc1ccc([C@H]2[C@H](C(=O)Nc3ccc(F)cc3F)CC(=O)N2c2ccc(OC)cc2)cc1. The molecule has 170 valence electrons. The van der Waals surface area contributed by atoms with Crippen molar-refractivity contribution >= 4 is 23.2 Å². The van der Waals surface area contributed by atoms with Gasteiger partial charge in [0.25, 0.3) is 0 Å². The number of ether oxygens (including phenoxy) is 2. The molecule has 3 aromatic carbocycles. The molecular weight excluding hydrogens is 430 g/mol. The van der Waals surface area contributed by atoms with Crippen LogP contribution in [0.4, 0.5) is 20.2 Å². The molecule has 1 saturated heterocycles. The summed E-state index contributed by atoms with van der Waals surface area (Å²) < 4.78 is 37.8. The van der Waals surface area contributed by atoms with Gasteiger partial charge in [0.15, 0.2) is 0 Å². The minimum atomic E-state index is -0.888. The van der Waals surface area contributed by atoms with Crippen molar-refractivity contribution in [3.63, 3.8) is 0 Å². The number of halogens is 2. The van der Waals surface area contributed by atoms with Crippen LogP contribution < -0.4 is 19.7 Å². The highest BCUT2D eigenvalue weighted by Gasteiger charge is 2.45. The fourth-order valence-electron chi connectivity index (χ4n) is 4.02. The standard InChI is InChI=1S/C25H22F2N2O4/c1-32-18-8-3-15(4-9-18)24-20(25(31)28-22-12-5-16(26)13-21(22)27)14-23(30)29(24)17-6-10-19(33-2)11-7-17/h3-13,20,24H,14H2,1-2H3,(H,28,31)/t20-,24+/m1/s1. The summed E-state index contributed by atoms with van der Waals surface area (Å²) in [6.45, 7) is 0. The van der Waals surface area contributed by atoms with E-state index in [0.717, 1.165) is 17.7 Å². The van der Waals surface area contributed by atoms with Crippen LogP contribution in [-0.4, -0.2) is 26.0 Å². The summed E-state index contributed by atoms with van der Waals surface area (Å²) in [7, 11) is 3.09. The summed E-state index contributed by atoms with van der Waals surface area (Å²) in [4.78, 5) is 27.8. The summed E-state index contributed by atoms with van der Waals surface area (Å²) in [5.41, 5.74) is 1.17. The van der Waals surface area contributed by atoms with Gasteiger partial charge in [-0.25, -0.2) is 8.78 Å². The molecule has 0 spiro atoms. The average Bonchev–Trinajstić information content (AvgIpc) is 3.18. The fraction of sp³-hybridized carbons (Fsp3) is 0.200. The Morgan fingerprint density at radius 3 is 2.12 bits per heavy atom. The van der Waals surface area contributed by atoms with Gasteiger partial charge in [-0.15, -0.1) is 0 Å². The Labute approximate surface area is 189 Å². The molecule has 0 aromatic heterocycles. The molecule has 0 radical (unpaired) electrons. The Hall–Kier alpha value is -3.94. The van der Waals surface area contributed by atoms with Crippen molar-refractivity contribution in [2.24, 2.45) is 5.92 Å². The number of carbonyl (C=O) groups excluding carboxylic acids is 2. The maximum absolute atomic E-state index is 14.1. The molecule has 2 amide bonds. The molecule has 0 saturated carbocycles. The number of rotatable bonds is 6. The van der Waals surface area contributed by atoms with Crippen molar-refractivity contribution in [1.29, 1.82) is 0 Å². The highest BCUT2D eigenvalue weighted by molar-refractivity contribution is 6.04. The van der Waals surface area contributed by atoms with Crippen LogP contribution >= 0.6 is 0 Å². The second-order valence-corrected chi connectivity index (χ2v) is 7.60. The van der Waals surface area contributed by atoms with E-state index in [-0.39, 0.29) is 18.0 Å². The third-order valence-corrected chi connectivity index (χ3v) is 5.66. The van der Waals surface area contributed by atoms with E-state index < -0.39 is 29.5 Å². The maximum Gasteiger partial charge on any atom is 0.230 e. The molecule has 1 fully saturated rings. The summed E-state index contributed by atoms with van der Waals surface area (Å²) in [6.07, 6.45) is -0.0721. The van der Waals surface area contributed by atoms with Crippen LogP contribution in [0.25, 0.3) is 0 Å². The van der Waals surface area contributed by atoms with Crippen LogP contribution in [0.5, 0.6) is 11.5 Å². The smallest absolute Gasteiger partial charge is 0.230 e. The van der Waals surface area contributed by atoms with Gasteiger partial charge in [-0.3, -0.25) is 9.59 Å². The Kier molecular flexibility index (Phi) is 6.26. The molecular formula is C25H22F2N2O4. The van der Waals surface area contributed by atoms with E-state index in [2.05, 4.69) is 5.32 Å².